The lowest BCUT2D eigenvalue weighted by atomic mass is 10.2. The Kier molecular flexibility index (Phi) is 1.48. The predicted molar refractivity (Wildman–Crippen MR) is 48.2 cm³/mol. The van der Waals surface area contributed by atoms with Crippen molar-refractivity contribution in [3.05, 3.63) is 22.8 Å². The van der Waals surface area contributed by atoms with Crippen molar-refractivity contribution in [3.63, 3.8) is 0 Å². The van der Waals surface area contributed by atoms with Gasteiger partial charge in [0.05, 0.1) is 11.4 Å². The molecular weight excluding hydrogens is 176 g/mol. The highest BCUT2D eigenvalue weighted by molar-refractivity contribution is 6.31. The van der Waals surface area contributed by atoms with Gasteiger partial charge >= 0.3 is 0 Å². The Morgan fingerprint density at radius 1 is 1.50 bits per heavy atom. The van der Waals surface area contributed by atoms with Crippen LogP contribution in [0.3, 0.4) is 0 Å². The summed E-state index contributed by atoms with van der Waals surface area (Å²) in [6, 6.07) is 3.44. The van der Waals surface area contributed by atoms with E-state index in [4.69, 9.17) is 21.9 Å². The largest absolute Gasteiger partial charge is 0.396 e. The van der Waals surface area contributed by atoms with E-state index in [2.05, 4.69) is 5.16 Å². The van der Waals surface area contributed by atoms with E-state index in [0.29, 0.717) is 16.3 Å². The molecule has 1 heterocycles. The molecule has 2 aromatic rings. The quantitative estimate of drug-likeness (QED) is 0.637. The molecule has 1 aromatic carbocycles. The van der Waals surface area contributed by atoms with Crippen molar-refractivity contribution in [1.29, 1.82) is 0 Å². The maximum atomic E-state index is 5.80. The number of nitrogens with zero attached hydrogens (tertiary/aromatic N) is 1. The van der Waals surface area contributed by atoms with E-state index in [1.54, 1.807) is 12.1 Å². The lowest BCUT2D eigenvalue weighted by Crippen LogP contribution is -1.84. The van der Waals surface area contributed by atoms with Gasteiger partial charge in [0.15, 0.2) is 5.58 Å². The van der Waals surface area contributed by atoms with Crippen LogP contribution >= 0.6 is 11.6 Å². The molecule has 3 nitrogen and oxygen atoms in total. The Hall–Kier alpha value is -1.22. The zero-order valence-electron chi connectivity index (χ0n) is 6.47. The number of fused-ring (bicyclic) bond motifs is 1. The number of hydrogen-bond acceptors (Lipinski definition) is 3. The molecule has 0 unspecified atom stereocenters. The minimum atomic E-state index is 0.526. The molecule has 0 aliphatic carbocycles. The highest BCUT2D eigenvalue weighted by Gasteiger charge is 2.07. The molecule has 0 bridgehead atoms. The standard InChI is InChI=1S/C8H7ClN2O/c1-4-6-2-5(9)3-7(10)8(6)12-11-4/h2-3H,10H2,1H3. The first-order valence-corrected chi connectivity index (χ1v) is 3.87. The number of anilines is 1. The van der Waals surface area contributed by atoms with E-state index in [0.717, 1.165) is 11.1 Å². The molecule has 0 radical (unpaired) electrons. The van der Waals surface area contributed by atoms with Gasteiger partial charge in [0.1, 0.15) is 0 Å². The Bertz CT molecular complexity index is 436. The Morgan fingerprint density at radius 2 is 2.25 bits per heavy atom. The van der Waals surface area contributed by atoms with Gasteiger partial charge in [-0.15, -0.1) is 0 Å². The van der Waals surface area contributed by atoms with E-state index in [-0.39, 0.29) is 0 Å². The van der Waals surface area contributed by atoms with E-state index in [9.17, 15) is 0 Å². The highest BCUT2D eigenvalue weighted by Crippen LogP contribution is 2.27. The number of halogens is 1. The second-order valence-electron chi connectivity index (χ2n) is 2.64. The van der Waals surface area contributed by atoms with E-state index in [1.165, 1.54) is 0 Å². The number of aromatic nitrogens is 1. The molecule has 1 aromatic heterocycles. The van der Waals surface area contributed by atoms with Crippen LogP contribution in [-0.2, 0) is 0 Å². The van der Waals surface area contributed by atoms with Crippen LogP contribution in [-0.4, -0.2) is 5.16 Å². The molecule has 62 valence electrons. The SMILES string of the molecule is Cc1noc2c(N)cc(Cl)cc12. The second kappa shape index (κ2) is 2.38. The van der Waals surface area contributed by atoms with Gasteiger partial charge in [-0.3, -0.25) is 0 Å². The van der Waals surface area contributed by atoms with Gasteiger partial charge in [-0.2, -0.15) is 0 Å². The molecule has 2 N–H and O–H groups in total. The molecule has 0 aliphatic heterocycles. The van der Waals surface area contributed by atoms with Crippen molar-refractivity contribution >= 4 is 28.3 Å². The van der Waals surface area contributed by atoms with Gasteiger partial charge in [-0.25, -0.2) is 0 Å². The normalized spacial score (nSPS) is 10.8. The van der Waals surface area contributed by atoms with Crippen molar-refractivity contribution in [2.45, 2.75) is 6.92 Å². The minimum Gasteiger partial charge on any atom is -0.396 e. The number of nitrogen functional groups attached to an aromatic ring is 1. The van der Waals surface area contributed by atoms with Crippen LogP contribution in [0.5, 0.6) is 0 Å². The highest BCUT2D eigenvalue weighted by atomic mass is 35.5. The van der Waals surface area contributed by atoms with Gasteiger partial charge < -0.3 is 10.3 Å². The van der Waals surface area contributed by atoms with Gasteiger partial charge in [0.25, 0.3) is 0 Å². The average molecular weight is 183 g/mol. The van der Waals surface area contributed by atoms with E-state index < -0.39 is 0 Å². The number of aryl methyl sites for hydroxylation is 1. The first-order valence-electron chi connectivity index (χ1n) is 3.49. The summed E-state index contributed by atoms with van der Waals surface area (Å²) in [6.07, 6.45) is 0. The number of benzene rings is 1. The van der Waals surface area contributed by atoms with Gasteiger partial charge in [0.2, 0.25) is 0 Å². The monoisotopic (exact) mass is 182 g/mol. The Morgan fingerprint density at radius 3 is 3.00 bits per heavy atom. The summed E-state index contributed by atoms with van der Waals surface area (Å²) in [5.41, 5.74) is 7.59. The van der Waals surface area contributed by atoms with Crippen LogP contribution in [0, 0.1) is 6.92 Å². The van der Waals surface area contributed by atoms with Gasteiger partial charge in [0, 0.05) is 10.4 Å². The van der Waals surface area contributed by atoms with Crippen LogP contribution in [0.4, 0.5) is 5.69 Å². The third-order valence-corrected chi connectivity index (χ3v) is 1.96. The minimum absolute atomic E-state index is 0.526. The van der Waals surface area contributed by atoms with Crippen molar-refractivity contribution in [2.75, 3.05) is 5.73 Å². The third-order valence-electron chi connectivity index (χ3n) is 1.75. The van der Waals surface area contributed by atoms with E-state index >= 15 is 0 Å². The molecular formula is C8H7ClN2O. The van der Waals surface area contributed by atoms with Crippen molar-refractivity contribution in [3.8, 4) is 0 Å². The first kappa shape index (κ1) is 7.43. The van der Waals surface area contributed by atoms with Gasteiger partial charge in [-0.1, -0.05) is 16.8 Å². The lowest BCUT2D eigenvalue weighted by molar-refractivity contribution is 0.451. The third kappa shape index (κ3) is 0.940. The fourth-order valence-electron chi connectivity index (χ4n) is 1.15. The molecule has 0 spiro atoms. The van der Waals surface area contributed by atoms with Gasteiger partial charge in [-0.05, 0) is 19.1 Å². The van der Waals surface area contributed by atoms with Crippen LogP contribution in [0.1, 0.15) is 5.69 Å². The van der Waals surface area contributed by atoms with Crippen molar-refractivity contribution in [1.82, 2.24) is 5.16 Å². The van der Waals surface area contributed by atoms with Crippen LogP contribution < -0.4 is 5.73 Å². The van der Waals surface area contributed by atoms with E-state index in [1.807, 2.05) is 6.92 Å². The van der Waals surface area contributed by atoms with Crippen LogP contribution in [0.2, 0.25) is 5.02 Å². The zero-order chi connectivity index (χ0) is 8.72. The zero-order valence-corrected chi connectivity index (χ0v) is 7.22. The summed E-state index contributed by atoms with van der Waals surface area (Å²) in [5, 5.41) is 5.26. The fraction of sp³-hybridized carbons (Fsp3) is 0.125. The summed E-state index contributed by atoms with van der Waals surface area (Å²) in [6.45, 7) is 1.85. The van der Waals surface area contributed by atoms with Crippen molar-refractivity contribution < 1.29 is 4.52 Å². The molecule has 0 saturated heterocycles. The molecule has 2 rings (SSSR count). The lowest BCUT2D eigenvalue weighted by Gasteiger charge is -1.94. The second-order valence-corrected chi connectivity index (χ2v) is 3.08. The smallest absolute Gasteiger partial charge is 0.190 e. The number of rotatable bonds is 0. The summed E-state index contributed by atoms with van der Waals surface area (Å²) in [7, 11) is 0. The maximum absolute atomic E-state index is 5.80. The molecule has 12 heavy (non-hydrogen) atoms. The predicted octanol–water partition coefficient (Wildman–Crippen LogP) is 2.37. The molecule has 0 saturated carbocycles. The summed E-state index contributed by atoms with van der Waals surface area (Å²) in [4.78, 5) is 0. The fourth-order valence-corrected chi connectivity index (χ4v) is 1.38. The van der Waals surface area contributed by atoms with Crippen LogP contribution in [0.15, 0.2) is 16.7 Å². The molecule has 4 heteroatoms. The number of hydrogen-bond donors (Lipinski definition) is 1. The summed E-state index contributed by atoms with van der Waals surface area (Å²) < 4.78 is 5.00. The Labute approximate surface area is 74.1 Å². The number of nitrogens with two attached hydrogens (primary N) is 1. The molecule has 0 amide bonds. The topological polar surface area (TPSA) is 52.0 Å². The van der Waals surface area contributed by atoms with Crippen LogP contribution in [0.25, 0.3) is 11.0 Å². The maximum Gasteiger partial charge on any atom is 0.190 e. The average Bonchev–Trinajstić information content (AvgIpc) is 2.33. The molecule has 0 fully saturated rings. The first-order chi connectivity index (χ1) is 5.68. The molecule has 0 atom stereocenters. The molecule has 0 aliphatic rings. The summed E-state index contributed by atoms with van der Waals surface area (Å²) in [5.74, 6) is 0. The Balaban J connectivity index is 2.92. The summed E-state index contributed by atoms with van der Waals surface area (Å²) >= 11 is 5.80. The van der Waals surface area contributed by atoms with Crippen molar-refractivity contribution in [2.24, 2.45) is 0 Å².